The quantitative estimate of drug-likeness (QED) is 0.237. The number of carbonyl (C=O) groups excluding carboxylic acids is 2. The second-order valence-electron chi connectivity index (χ2n) is 10.7. The van der Waals surface area contributed by atoms with Gasteiger partial charge in [-0.3, -0.25) is 13.9 Å². The topological polar surface area (TPSA) is 96.0 Å². The summed E-state index contributed by atoms with van der Waals surface area (Å²) >= 11 is 0. The molecule has 0 radical (unpaired) electrons. The van der Waals surface area contributed by atoms with Crippen LogP contribution in [0.4, 0.5) is 5.69 Å². The molecule has 1 atom stereocenters. The second-order valence-corrected chi connectivity index (χ2v) is 12.6. The molecule has 0 aliphatic carbocycles. The first-order valence-electron chi connectivity index (χ1n) is 14.4. The molecule has 9 heteroatoms. The summed E-state index contributed by atoms with van der Waals surface area (Å²) in [7, 11) is -1.08. The smallest absolute Gasteiger partial charge is 0.264 e. The van der Waals surface area contributed by atoms with E-state index in [1.165, 1.54) is 11.9 Å². The number of anilines is 1. The van der Waals surface area contributed by atoms with Crippen molar-refractivity contribution >= 4 is 27.5 Å². The minimum absolute atomic E-state index is 0.0617. The van der Waals surface area contributed by atoms with Crippen LogP contribution in [-0.2, 0) is 32.6 Å². The first-order chi connectivity index (χ1) is 21.0. The van der Waals surface area contributed by atoms with Gasteiger partial charge in [-0.25, -0.2) is 8.42 Å². The van der Waals surface area contributed by atoms with Gasteiger partial charge in [0, 0.05) is 20.0 Å². The third-order valence-electron chi connectivity index (χ3n) is 7.74. The fraction of sp³-hybridized carbons (Fsp3) is 0.257. The molecule has 2 amide bonds. The van der Waals surface area contributed by atoms with Crippen molar-refractivity contribution in [3.8, 4) is 5.75 Å². The van der Waals surface area contributed by atoms with Gasteiger partial charge in [-0.1, -0.05) is 72.3 Å². The molecular formula is C35H39N3O5S. The number of hydrogen-bond donors (Lipinski definition) is 1. The highest BCUT2D eigenvalue weighted by Crippen LogP contribution is 2.29. The minimum atomic E-state index is -4.17. The summed E-state index contributed by atoms with van der Waals surface area (Å²) in [6.07, 6.45) is 0.240. The fourth-order valence-corrected chi connectivity index (χ4v) is 6.52. The monoisotopic (exact) mass is 613 g/mol. The average molecular weight is 614 g/mol. The predicted molar refractivity (Wildman–Crippen MR) is 173 cm³/mol. The number of methoxy groups -OCH3 is 1. The molecule has 0 fully saturated rings. The summed E-state index contributed by atoms with van der Waals surface area (Å²) < 4.78 is 35.0. The number of ether oxygens (including phenoxy) is 1. The normalized spacial score (nSPS) is 11.8. The zero-order chi connectivity index (χ0) is 31.9. The number of amides is 2. The van der Waals surface area contributed by atoms with E-state index in [2.05, 4.69) is 5.32 Å². The van der Waals surface area contributed by atoms with Crippen molar-refractivity contribution in [1.29, 1.82) is 0 Å². The molecule has 0 spiro atoms. The minimum Gasteiger partial charge on any atom is -0.497 e. The number of carbonyl (C=O) groups is 2. The molecular weight excluding hydrogens is 574 g/mol. The fourth-order valence-electron chi connectivity index (χ4n) is 5.04. The largest absolute Gasteiger partial charge is 0.497 e. The van der Waals surface area contributed by atoms with Crippen LogP contribution in [0, 0.1) is 20.8 Å². The Labute approximate surface area is 260 Å². The van der Waals surface area contributed by atoms with Gasteiger partial charge in [-0.2, -0.15) is 0 Å². The van der Waals surface area contributed by atoms with Crippen LogP contribution in [0.2, 0.25) is 0 Å². The predicted octanol–water partition coefficient (Wildman–Crippen LogP) is 5.20. The van der Waals surface area contributed by atoms with Gasteiger partial charge in [0.25, 0.3) is 10.0 Å². The molecule has 230 valence electrons. The Morgan fingerprint density at radius 1 is 0.841 bits per heavy atom. The Kier molecular flexibility index (Phi) is 10.4. The molecule has 0 unspecified atom stereocenters. The van der Waals surface area contributed by atoms with Crippen molar-refractivity contribution in [2.24, 2.45) is 0 Å². The highest BCUT2D eigenvalue weighted by Gasteiger charge is 2.35. The lowest BCUT2D eigenvalue weighted by atomic mass is 10.0. The summed E-state index contributed by atoms with van der Waals surface area (Å²) in [6, 6.07) is 27.7. The number of benzene rings is 4. The lowest BCUT2D eigenvalue weighted by Crippen LogP contribution is -2.53. The zero-order valence-electron chi connectivity index (χ0n) is 25.8. The molecule has 1 N–H and O–H groups in total. The summed E-state index contributed by atoms with van der Waals surface area (Å²) in [5, 5.41) is 2.70. The lowest BCUT2D eigenvalue weighted by Gasteiger charge is -2.34. The first-order valence-corrected chi connectivity index (χ1v) is 15.8. The van der Waals surface area contributed by atoms with E-state index in [1.807, 2.05) is 69.3 Å². The van der Waals surface area contributed by atoms with Gasteiger partial charge >= 0.3 is 0 Å². The molecule has 0 bridgehead atoms. The highest BCUT2D eigenvalue weighted by molar-refractivity contribution is 7.92. The first kappa shape index (κ1) is 32.3. The molecule has 4 aromatic carbocycles. The van der Waals surface area contributed by atoms with Gasteiger partial charge in [-0.15, -0.1) is 0 Å². The third-order valence-corrected chi connectivity index (χ3v) is 9.51. The van der Waals surface area contributed by atoms with Crippen LogP contribution in [0.3, 0.4) is 0 Å². The molecule has 0 saturated heterocycles. The van der Waals surface area contributed by atoms with Crippen molar-refractivity contribution in [1.82, 2.24) is 10.2 Å². The number of rotatable bonds is 12. The molecule has 0 aliphatic heterocycles. The number of nitrogens with one attached hydrogen (secondary N) is 1. The molecule has 0 aliphatic rings. The van der Waals surface area contributed by atoms with Gasteiger partial charge in [-0.05, 0) is 73.4 Å². The summed E-state index contributed by atoms with van der Waals surface area (Å²) in [5.74, 6) is -0.271. The van der Waals surface area contributed by atoms with Gasteiger partial charge in [0.1, 0.15) is 18.3 Å². The Hall–Kier alpha value is -4.63. The van der Waals surface area contributed by atoms with Gasteiger partial charge in [0.15, 0.2) is 0 Å². The Bertz CT molecular complexity index is 1710. The highest BCUT2D eigenvalue weighted by atomic mass is 32.2. The molecule has 0 aromatic heterocycles. The summed E-state index contributed by atoms with van der Waals surface area (Å²) in [6.45, 7) is 5.17. The molecule has 8 nitrogen and oxygen atoms in total. The van der Waals surface area contributed by atoms with Gasteiger partial charge in [0.05, 0.1) is 17.7 Å². The summed E-state index contributed by atoms with van der Waals surface area (Å²) in [4.78, 5) is 29.4. The Morgan fingerprint density at radius 3 is 2.16 bits per heavy atom. The number of hydrogen-bond acceptors (Lipinski definition) is 5. The van der Waals surface area contributed by atoms with Crippen LogP contribution < -0.4 is 14.4 Å². The Balaban J connectivity index is 1.82. The average Bonchev–Trinajstić information content (AvgIpc) is 3.03. The van der Waals surface area contributed by atoms with E-state index in [9.17, 15) is 18.0 Å². The number of sulfonamides is 1. The maximum absolute atomic E-state index is 14.5. The van der Waals surface area contributed by atoms with Crippen molar-refractivity contribution in [3.05, 3.63) is 125 Å². The third kappa shape index (κ3) is 7.47. The van der Waals surface area contributed by atoms with Crippen molar-refractivity contribution in [2.75, 3.05) is 25.0 Å². The number of likely N-dealkylation sites (N-methyl/N-ethyl adjacent to an activating group) is 1. The second kappa shape index (κ2) is 14.2. The van der Waals surface area contributed by atoms with Crippen LogP contribution in [0.25, 0.3) is 0 Å². The molecule has 0 heterocycles. The standard InChI is InChI=1S/C35H39N3O5S/c1-25-17-19-31(20-18-25)44(41,42)38(32-16-9-11-26(2)27(32)3)24-34(39)37(23-29-14-10-15-30(21-29)43-5)33(35(40)36-4)22-28-12-7-6-8-13-28/h6-21,33H,22-24H2,1-5H3,(H,36,40)/t33-/m1/s1. The van der Waals surface area contributed by atoms with Crippen LogP contribution in [-0.4, -0.2) is 51.9 Å². The van der Waals surface area contributed by atoms with Crippen molar-refractivity contribution < 1.29 is 22.7 Å². The van der Waals surface area contributed by atoms with E-state index in [4.69, 9.17) is 4.74 Å². The van der Waals surface area contributed by atoms with Gasteiger partial charge < -0.3 is 15.0 Å². The van der Waals surface area contributed by atoms with Crippen LogP contribution in [0.15, 0.2) is 102 Å². The van der Waals surface area contributed by atoms with E-state index in [0.717, 1.165) is 32.1 Å². The molecule has 0 saturated carbocycles. The number of nitrogens with zero attached hydrogens (tertiary/aromatic N) is 2. The number of aryl methyl sites for hydroxylation is 2. The van der Waals surface area contributed by atoms with Gasteiger partial charge in [0.2, 0.25) is 11.8 Å². The SMILES string of the molecule is CNC(=O)[C@@H](Cc1ccccc1)N(Cc1cccc(OC)c1)C(=O)CN(c1cccc(C)c1C)S(=O)(=O)c1ccc(C)cc1. The molecule has 4 aromatic rings. The van der Waals surface area contributed by atoms with E-state index in [1.54, 1.807) is 55.6 Å². The molecule has 44 heavy (non-hydrogen) atoms. The van der Waals surface area contributed by atoms with Crippen LogP contribution in [0.5, 0.6) is 5.75 Å². The zero-order valence-corrected chi connectivity index (χ0v) is 26.6. The van der Waals surface area contributed by atoms with Crippen LogP contribution in [0.1, 0.15) is 27.8 Å². The summed E-state index contributed by atoms with van der Waals surface area (Å²) in [5.41, 5.74) is 4.54. The van der Waals surface area contributed by atoms with E-state index in [-0.39, 0.29) is 23.8 Å². The Morgan fingerprint density at radius 2 is 1.50 bits per heavy atom. The lowest BCUT2D eigenvalue weighted by molar-refractivity contribution is -0.139. The van der Waals surface area contributed by atoms with Crippen molar-refractivity contribution in [2.45, 2.75) is 44.7 Å². The van der Waals surface area contributed by atoms with Crippen LogP contribution >= 0.6 is 0 Å². The van der Waals surface area contributed by atoms with Crippen molar-refractivity contribution in [3.63, 3.8) is 0 Å². The van der Waals surface area contributed by atoms with E-state index >= 15 is 0 Å². The molecule has 4 rings (SSSR count). The van der Waals surface area contributed by atoms with E-state index in [0.29, 0.717) is 11.4 Å². The maximum atomic E-state index is 14.5. The van der Waals surface area contributed by atoms with E-state index < -0.39 is 28.5 Å². The maximum Gasteiger partial charge on any atom is 0.264 e.